The lowest BCUT2D eigenvalue weighted by atomic mass is 9.96. The molecule has 1 saturated heterocycles. The van der Waals surface area contributed by atoms with E-state index in [1.807, 2.05) is 11.8 Å². The molecule has 0 radical (unpaired) electrons. The van der Waals surface area contributed by atoms with Crippen LogP contribution in [0.5, 0.6) is 5.75 Å². The summed E-state index contributed by atoms with van der Waals surface area (Å²) in [5.74, 6) is 0.316. The number of halogens is 3. The molecular formula is C16H22F3NO3. The summed E-state index contributed by atoms with van der Waals surface area (Å²) in [6.07, 6.45) is -4.81. The Labute approximate surface area is 133 Å². The SMILES string of the molecule is CC1CCN(CC(O)COc2cccc(C(F)(F)F)c2)CC1O. The number of nitrogens with zero attached hydrogens (tertiary/aromatic N) is 1. The van der Waals surface area contributed by atoms with Gasteiger partial charge in [0.1, 0.15) is 18.5 Å². The van der Waals surface area contributed by atoms with Gasteiger partial charge in [-0.25, -0.2) is 0 Å². The number of hydrogen-bond donors (Lipinski definition) is 2. The number of ether oxygens (including phenoxy) is 1. The molecule has 3 atom stereocenters. The number of likely N-dealkylation sites (tertiary alicyclic amines) is 1. The quantitative estimate of drug-likeness (QED) is 0.867. The number of hydrogen-bond acceptors (Lipinski definition) is 4. The molecule has 0 amide bonds. The molecule has 2 N–H and O–H groups in total. The largest absolute Gasteiger partial charge is 0.491 e. The highest BCUT2D eigenvalue weighted by molar-refractivity contribution is 5.30. The van der Waals surface area contributed by atoms with Gasteiger partial charge in [0.2, 0.25) is 0 Å². The minimum absolute atomic E-state index is 0.0752. The van der Waals surface area contributed by atoms with Crippen LogP contribution in [0.2, 0.25) is 0 Å². The maximum absolute atomic E-state index is 12.6. The topological polar surface area (TPSA) is 52.9 Å². The predicted octanol–water partition coefficient (Wildman–Crippen LogP) is 2.15. The molecule has 0 bridgehead atoms. The number of aliphatic hydroxyl groups is 2. The van der Waals surface area contributed by atoms with E-state index in [0.717, 1.165) is 25.1 Å². The van der Waals surface area contributed by atoms with E-state index >= 15 is 0 Å². The first-order valence-electron chi connectivity index (χ1n) is 7.64. The third-order valence-corrected chi connectivity index (χ3v) is 4.08. The molecule has 0 aromatic heterocycles. The van der Waals surface area contributed by atoms with E-state index in [-0.39, 0.29) is 18.3 Å². The molecule has 4 nitrogen and oxygen atoms in total. The van der Waals surface area contributed by atoms with Crippen molar-refractivity contribution in [3.8, 4) is 5.75 Å². The molecular weight excluding hydrogens is 311 g/mol. The third kappa shape index (κ3) is 5.37. The average molecular weight is 333 g/mol. The molecule has 1 aliphatic rings. The summed E-state index contributed by atoms with van der Waals surface area (Å²) in [5, 5.41) is 19.8. The van der Waals surface area contributed by atoms with Crippen molar-refractivity contribution < 1.29 is 28.1 Å². The summed E-state index contributed by atoms with van der Waals surface area (Å²) in [6, 6.07) is 4.58. The highest BCUT2D eigenvalue weighted by Gasteiger charge is 2.30. The van der Waals surface area contributed by atoms with Gasteiger partial charge in [0.15, 0.2) is 0 Å². The Kier molecular flexibility index (Phi) is 5.89. The summed E-state index contributed by atoms with van der Waals surface area (Å²) in [4.78, 5) is 1.94. The van der Waals surface area contributed by atoms with Gasteiger partial charge in [0.05, 0.1) is 11.7 Å². The lowest BCUT2D eigenvalue weighted by Gasteiger charge is -2.35. The summed E-state index contributed by atoms with van der Waals surface area (Å²) in [6.45, 7) is 3.47. The standard InChI is InChI=1S/C16H22F3NO3/c1-11-5-6-20(9-15(11)22)8-13(21)10-23-14-4-2-3-12(7-14)16(17,18)19/h2-4,7,11,13,15,21-22H,5-6,8-10H2,1H3. The molecule has 7 heteroatoms. The van der Waals surface area contributed by atoms with Crippen LogP contribution < -0.4 is 4.74 Å². The van der Waals surface area contributed by atoms with Crippen molar-refractivity contribution >= 4 is 0 Å². The molecule has 130 valence electrons. The van der Waals surface area contributed by atoms with Gasteiger partial charge in [-0.2, -0.15) is 13.2 Å². The molecule has 0 spiro atoms. The summed E-state index contributed by atoms with van der Waals surface area (Å²) in [5.41, 5.74) is -0.780. The van der Waals surface area contributed by atoms with E-state index in [0.29, 0.717) is 13.1 Å². The van der Waals surface area contributed by atoms with Crippen LogP contribution in [-0.4, -0.2) is 53.6 Å². The van der Waals surface area contributed by atoms with Crippen LogP contribution in [0.25, 0.3) is 0 Å². The Bertz CT molecular complexity index is 510. The van der Waals surface area contributed by atoms with Gasteiger partial charge < -0.3 is 14.9 Å². The van der Waals surface area contributed by atoms with Gasteiger partial charge >= 0.3 is 6.18 Å². The lowest BCUT2D eigenvalue weighted by molar-refractivity contribution is -0.137. The smallest absolute Gasteiger partial charge is 0.416 e. The van der Waals surface area contributed by atoms with Gasteiger partial charge in [-0.15, -0.1) is 0 Å². The number of rotatable bonds is 5. The average Bonchev–Trinajstić information content (AvgIpc) is 2.48. The second-order valence-corrected chi connectivity index (χ2v) is 6.08. The summed E-state index contributed by atoms with van der Waals surface area (Å²) >= 11 is 0. The zero-order valence-corrected chi connectivity index (χ0v) is 13.0. The zero-order valence-electron chi connectivity index (χ0n) is 13.0. The molecule has 0 aliphatic carbocycles. The van der Waals surface area contributed by atoms with Crippen LogP contribution in [0.4, 0.5) is 13.2 Å². The monoisotopic (exact) mass is 333 g/mol. The van der Waals surface area contributed by atoms with Crippen LogP contribution in [0.15, 0.2) is 24.3 Å². The van der Waals surface area contributed by atoms with E-state index in [4.69, 9.17) is 4.74 Å². The minimum atomic E-state index is -4.42. The number of piperidine rings is 1. The molecule has 1 fully saturated rings. The number of aliphatic hydroxyl groups excluding tert-OH is 2. The van der Waals surface area contributed by atoms with Crippen molar-refractivity contribution in [2.75, 3.05) is 26.2 Å². The van der Waals surface area contributed by atoms with Gasteiger partial charge in [-0.1, -0.05) is 13.0 Å². The third-order valence-electron chi connectivity index (χ3n) is 4.08. The van der Waals surface area contributed by atoms with Crippen molar-refractivity contribution in [3.05, 3.63) is 29.8 Å². The van der Waals surface area contributed by atoms with Crippen molar-refractivity contribution in [1.82, 2.24) is 4.90 Å². The summed E-state index contributed by atoms with van der Waals surface area (Å²) in [7, 11) is 0. The lowest BCUT2D eigenvalue weighted by Crippen LogP contribution is -2.46. The van der Waals surface area contributed by atoms with E-state index in [2.05, 4.69) is 0 Å². The van der Waals surface area contributed by atoms with Crippen LogP contribution >= 0.6 is 0 Å². The van der Waals surface area contributed by atoms with Gasteiger partial charge in [-0.3, -0.25) is 4.90 Å². The maximum atomic E-state index is 12.6. The van der Waals surface area contributed by atoms with Crippen molar-refractivity contribution in [2.45, 2.75) is 31.7 Å². The van der Waals surface area contributed by atoms with Crippen LogP contribution in [0.3, 0.4) is 0 Å². The molecule has 1 aliphatic heterocycles. The van der Waals surface area contributed by atoms with Crippen molar-refractivity contribution in [2.24, 2.45) is 5.92 Å². The molecule has 1 aromatic rings. The van der Waals surface area contributed by atoms with E-state index in [1.165, 1.54) is 12.1 Å². The first-order chi connectivity index (χ1) is 10.8. The minimum Gasteiger partial charge on any atom is -0.491 e. The Morgan fingerprint density at radius 2 is 2.13 bits per heavy atom. The second kappa shape index (κ2) is 7.51. The second-order valence-electron chi connectivity index (χ2n) is 6.08. The highest BCUT2D eigenvalue weighted by atomic mass is 19.4. The van der Waals surface area contributed by atoms with E-state index in [9.17, 15) is 23.4 Å². The predicted molar refractivity (Wildman–Crippen MR) is 79.2 cm³/mol. The Hall–Kier alpha value is -1.31. The van der Waals surface area contributed by atoms with Gasteiger partial charge in [-0.05, 0) is 37.1 Å². The molecule has 3 unspecified atom stereocenters. The Balaban J connectivity index is 1.81. The van der Waals surface area contributed by atoms with Gasteiger partial charge in [0.25, 0.3) is 0 Å². The van der Waals surface area contributed by atoms with Crippen molar-refractivity contribution in [1.29, 1.82) is 0 Å². The van der Waals surface area contributed by atoms with Crippen LogP contribution in [0.1, 0.15) is 18.9 Å². The highest BCUT2D eigenvalue weighted by Crippen LogP contribution is 2.31. The molecule has 1 heterocycles. The molecule has 1 aromatic carbocycles. The summed E-state index contributed by atoms with van der Waals surface area (Å²) < 4.78 is 43.1. The molecule has 2 rings (SSSR count). The maximum Gasteiger partial charge on any atom is 0.416 e. The fourth-order valence-corrected chi connectivity index (χ4v) is 2.59. The Morgan fingerprint density at radius 3 is 2.78 bits per heavy atom. The molecule has 0 saturated carbocycles. The first kappa shape index (κ1) is 18.0. The Morgan fingerprint density at radius 1 is 1.39 bits per heavy atom. The number of alkyl halides is 3. The van der Waals surface area contributed by atoms with Crippen LogP contribution in [-0.2, 0) is 6.18 Å². The first-order valence-corrected chi connectivity index (χ1v) is 7.64. The normalized spacial score (nSPS) is 24.4. The van der Waals surface area contributed by atoms with E-state index < -0.39 is 23.9 Å². The molecule has 23 heavy (non-hydrogen) atoms. The van der Waals surface area contributed by atoms with E-state index in [1.54, 1.807) is 0 Å². The zero-order chi connectivity index (χ0) is 17.0. The van der Waals surface area contributed by atoms with Gasteiger partial charge in [0, 0.05) is 13.1 Å². The van der Waals surface area contributed by atoms with Crippen LogP contribution in [0, 0.1) is 5.92 Å². The van der Waals surface area contributed by atoms with Crippen molar-refractivity contribution in [3.63, 3.8) is 0 Å². The number of benzene rings is 1. The fourth-order valence-electron chi connectivity index (χ4n) is 2.59. The fraction of sp³-hybridized carbons (Fsp3) is 0.625. The number of β-amino-alcohol motifs (C(OH)–C–C–N with tert-alkyl or cyclic N) is 2.